The van der Waals surface area contributed by atoms with E-state index in [0.29, 0.717) is 16.9 Å². The van der Waals surface area contributed by atoms with Gasteiger partial charge in [-0.1, -0.05) is 18.9 Å². The molecule has 0 saturated heterocycles. The van der Waals surface area contributed by atoms with Crippen molar-refractivity contribution in [2.45, 2.75) is 37.0 Å². The normalized spacial score (nSPS) is 21.3. The molecule has 3 N–H and O–H groups in total. The number of H-pyrrole nitrogens is 2. The first-order valence-corrected chi connectivity index (χ1v) is 9.13. The van der Waals surface area contributed by atoms with E-state index in [1.54, 1.807) is 23.0 Å². The lowest BCUT2D eigenvalue weighted by Crippen LogP contribution is -2.19. The summed E-state index contributed by atoms with van der Waals surface area (Å²) in [5, 5.41) is 5.29. The van der Waals surface area contributed by atoms with E-state index in [0.717, 1.165) is 25.7 Å². The molecule has 1 atom stereocenters. The molecule has 8 heteroatoms. The number of fused-ring (bicyclic) bond motifs is 1. The van der Waals surface area contributed by atoms with Gasteiger partial charge in [0, 0.05) is 11.8 Å². The maximum absolute atomic E-state index is 12.6. The number of amides is 1. The van der Waals surface area contributed by atoms with Gasteiger partial charge in [0.25, 0.3) is 11.1 Å². The number of pyridine rings is 1. The molecule has 1 saturated carbocycles. The van der Waals surface area contributed by atoms with Crippen LogP contribution in [0.15, 0.2) is 27.9 Å². The molecule has 7 nitrogen and oxygen atoms in total. The SMILES string of the molecule is O=C1CS[C@@H](c2ccc[nH]c2=O)c2c(n(C3CCCC3)[nH]c2=O)N1. The second kappa shape index (κ2) is 6.01. The lowest BCUT2D eigenvalue weighted by atomic mass is 10.1. The highest BCUT2D eigenvalue weighted by Gasteiger charge is 2.33. The van der Waals surface area contributed by atoms with Crippen molar-refractivity contribution >= 4 is 23.5 Å². The largest absolute Gasteiger partial charge is 0.329 e. The van der Waals surface area contributed by atoms with E-state index in [1.807, 2.05) is 0 Å². The number of thioether (sulfide) groups is 1. The van der Waals surface area contributed by atoms with Gasteiger partial charge in [-0.25, -0.2) is 0 Å². The Bertz CT molecular complexity index is 891. The summed E-state index contributed by atoms with van der Waals surface area (Å²) in [5.41, 5.74) is 0.493. The van der Waals surface area contributed by atoms with Gasteiger partial charge < -0.3 is 10.3 Å². The van der Waals surface area contributed by atoms with Crippen molar-refractivity contribution in [1.29, 1.82) is 0 Å². The summed E-state index contributed by atoms with van der Waals surface area (Å²) in [7, 11) is 0. The molecule has 0 bridgehead atoms. The van der Waals surface area contributed by atoms with Gasteiger partial charge >= 0.3 is 0 Å². The third kappa shape index (κ3) is 2.50. The standard InChI is InChI=1S/C16H18N4O3S/c21-11-8-24-13(10-6-3-7-17-15(10)22)12-14(18-11)20(19-16(12)23)9-4-1-2-5-9/h3,6-7,9,13H,1-2,4-5,8H2,(H,17,22)(H,18,21)(H,19,23)/t13-/m0/s1. The number of anilines is 1. The van der Waals surface area contributed by atoms with Crippen LogP contribution in [0.1, 0.15) is 48.1 Å². The predicted octanol–water partition coefficient (Wildman–Crippen LogP) is 1.75. The molecule has 4 rings (SSSR count). The van der Waals surface area contributed by atoms with E-state index >= 15 is 0 Å². The zero-order valence-electron chi connectivity index (χ0n) is 13.0. The third-order valence-electron chi connectivity index (χ3n) is 4.68. The van der Waals surface area contributed by atoms with E-state index < -0.39 is 5.25 Å². The van der Waals surface area contributed by atoms with Gasteiger partial charge in [0.1, 0.15) is 5.82 Å². The summed E-state index contributed by atoms with van der Waals surface area (Å²) >= 11 is 1.31. The molecular weight excluding hydrogens is 328 g/mol. The van der Waals surface area contributed by atoms with Gasteiger partial charge in [-0.15, -0.1) is 11.8 Å². The van der Waals surface area contributed by atoms with Crippen LogP contribution >= 0.6 is 11.8 Å². The summed E-state index contributed by atoms with van der Waals surface area (Å²) in [4.78, 5) is 39.6. The van der Waals surface area contributed by atoms with E-state index in [1.165, 1.54) is 11.8 Å². The number of nitrogens with one attached hydrogen (secondary N) is 3. The number of hydrogen-bond donors (Lipinski definition) is 3. The molecular formula is C16H18N4O3S. The zero-order chi connectivity index (χ0) is 16.7. The Morgan fingerprint density at radius 2 is 1.92 bits per heavy atom. The fourth-order valence-electron chi connectivity index (χ4n) is 3.57. The Morgan fingerprint density at radius 1 is 1.12 bits per heavy atom. The number of aromatic amines is 2. The van der Waals surface area contributed by atoms with Crippen LogP contribution in [-0.2, 0) is 4.79 Å². The highest BCUT2D eigenvalue weighted by molar-refractivity contribution is 8.00. The summed E-state index contributed by atoms with van der Waals surface area (Å²) < 4.78 is 1.80. The molecule has 0 spiro atoms. The van der Waals surface area contributed by atoms with Crippen LogP contribution in [0.4, 0.5) is 5.82 Å². The number of nitrogens with zero attached hydrogens (tertiary/aromatic N) is 1. The fourth-order valence-corrected chi connectivity index (χ4v) is 4.71. The summed E-state index contributed by atoms with van der Waals surface area (Å²) in [5.74, 6) is 0.578. The van der Waals surface area contributed by atoms with Crippen LogP contribution in [0.5, 0.6) is 0 Å². The van der Waals surface area contributed by atoms with E-state index in [9.17, 15) is 14.4 Å². The quantitative estimate of drug-likeness (QED) is 0.771. The van der Waals surface area contributed by atoms with Crippen molar-refractivity contribution in [2.24, 2.45) is 0 Å². The monoisotopic (exact) mass is 346 g/mol. The van der Waals surface area contributed by atoms with Crippen LogP contribution in [0, 0.1) is 0 Å². The predicted molar refractivity (Wildman–Crippen MR) is 92.6 cm³/mol. The Morgan fingerprint density at radius 3 is 2.67 bits per heavy atom. The van der Waals surface area contributed by atoms with Crippen molar-refractivity contribution in [2.75, 3.05) is 11.1 Å². The molecule has 126 valence electrons. The van der Waals surface area contributed by atoms with Crippen LogP contribution in [-0.4, -0.2) is 26.4 Å². The second-order valence-corrected chi connectivity index (χ2v) is 7.30. The third-order valence-corrected chi connectivity index (χ3v) is 5.94. The first kappa shape index (κ1) is 15.3. The van der Waals surface area contributed by atoms with Crippen molar-refractivity contribution in [3.63, 3.8) is 0 Å². The first-order chi connectivity index (χ1) is 11.6. The first-order valence-electron chi connectivity index (χ1n) is 8.08. The van der Waals surface area contributed by atoms with Crippen LogP contribution in [0.2, 0.25) is 0 Å². The highest BCUT2D eigenvalue weighted by atomic mass is 32.2. The van der Waals surface area contributed by atoms with Crippen molar-refractivity contribution < 1.29 is 4.79 Å². The lowest BCUT2D eigenvalue weighted by Gasteiger charge is -2.16. The number of rotatable bonds is 2. The topological polar surface area (TPSA) is 99.8 Å². The van der Waals surface area contributed by atoms with E-state index in [-0.39, 0.29) is 28.8 Å². The van der Waals surface area contributed by atoms with Crippen molar-refractivity contribution in [3.8, 4) is 0 Å². The van der Waals surface area contributed by atoms with Gasteiger partial charge in [-0.05, 0) is 18.9 Å². The van der Waals surface area contributed by atoms with Crippen molar-refractivity contribution in [3.05, 3.63) is 50.2 Å². The molecule has 1 aliphatic heterocycles. The number of carbonyl (C=O) groups is 1. The fraction of sp³-hybridized carbons (Fsp3) is 0.438. The van der Waals surface area contributed by atoms with Crippen LogP contribution in [0.3, 0.4) is 0 Å². The molecule has 3 heterocycles. The second-order valence-electron chi connectivity index (χ2n) is 6.21. The molecule has 2 aromatic rings. The molecule has 24 heavy (non-hydrogen) atoms. The van der Waals surface area contributed by atoms with Gasteiger partial charge in [0.05, 0.1) is 22.6 Å². The highest BCUT2D eigenvalue weighted by Crippen LogP contribution is 2.40. The minimum atomic E-state index is -0.463. The summed E-state index contributed by atoms with van der Waals surface area (Å²) in [6.45, 7) is 0. The van der Waals surface area contributed by atoms with E-state index in [2.05, 4.69) is 15.4 Å². The summed E-state index contributed by atoms with van der Waals surface area (Å²) in [6.07, 6.45) is 5.76. The van der Waals surface area contributed by atoms with Gasteiger partial charge in [0.2, 0.25) is 5.91 Å². The summed E-state index contributed by atoms with van der Waals surface area (Å²) in [6, 6.07) is 3.64. The average molecular weight is 346 g/mol. The molecule has 1 aliphatic carbocycles. The Hall–Kier alpha value is -2.22. The Balaban J connectivity index is 1.89. The van der Waals surface area contributed by atoms with Gasteiger partial charge in [-0.3, -0.25) is 24.2 Å². The Labute approximate surface area is 141 Å². The number of aromatic nitrogens is 3. The minimum Gasteiger partial charge on any atom is -0.329 e. The van der Waals surface area contributed by atoms with Crippen molar-refractivity contribution in [1.82, 2.24) is 14.8 Å². The lowest BCUT2D eigenvalue weighted by molar-refractivity contribution is -0.113. The minimum absolute atomic E-state index is 0.151. The van der Waals surface area contributed by atoms with Crippen LogP contribution in [0.25, 0.3) is 0 Å². The Kier molecular flexibility index (Phi) is 3.84. The molecule has 1 fully saturated rings. The molecule has 0 unspecified atom stereocenters. The molecule has 1 amide bonds. The van der Waals surface area contributed by atoms with E-state index in [4.69, 9.17) is 0 Å². The molecule has 0 aromatic carbocycles. The molecule has 2 aromatic heterocycles. The van der Waals surface area contributed by atoms with Crippen LogP contribution < -0.4 is 16.4 Å². The number of hydrogen-bond acceptors (Lipinski definition) is 4. The molecule has 0 radical (unpaired) electrons. The maximum atomic E-state index is 12.6. The molecule has 2 aliphatic rings. The average Bonchev–Trinajstić information content (AvgIpc) is 3.15. The zero-order valence-corrected chi connectivity index (χ0v) is 13.8. The smallest absolute Gasteiger partial charge is 0.270 e. The van der Waals surface area contributed by atoms with Gasteiger partial charge in [0.15, 0.2) is 0 Å². The van der Waals surface area contributed by atoms with Gasteiger partial charge in [-0.2, -0.15) is 0 Å². The number of carbonyl (C=O) groups excluding carboxylic acids is 1. The maximum Gasteiger partial charge on any atom is 0.270 e.